The van der Waals surface area contributed by atoms with Gasteiger partial charge in [0.25, 0.3) is 0 Å². The first-order valence-corrected chi connectivity index (χ1v) is 6.59. The van der Waals surface area contributed by atoms with Crippen LogP contribution in [0.4, 0.5) is 0 Å². The highest BCUT2D eigenvalue weighted by Crippen LogP contribution is 2.31. The van der Waals surface area contributed by atoms with Gasteiger partial charge < -0.3 is 4.90 Å². The quantitative estimate of drug-likeness (QED) is 0.755. The summed E-state index contributed by atoms with van der Waals surface area (Å²) in [6, 6.07) is 8.86. The highest BCUT2D eigenvalue weighted by molar-refractivity contribution is 7.99. The van der Waals surface area contributed by atoms with Crippen LogP contribution in [0.1, 0.15) is 12.0 Å². The fourth-order valence-corrected chi connectivity index (χ4v) is 3.42. The normalized spacial score (nSPS) is 21.1. The van der Waals surface area contributed by atoms with Crippen molar-refractivity contribution in [2.45, 2.75) is 17.7 Å². The van der Waals surface area contributed by atoms with Crippen molar-refractivity contribution in [3.63, 3.8) is 0 Å². The Hall–Kier alpha value is -0.470. The summed E-state index contributed by atoms with van der Waals surface area (Å²) in [5.74, 6) is 2.10. The Balaban J connectivity index is 2.10. The molecule has 0 saturated carbocycles. The summed E-state index contributed by atoms with van der Waals surface area (Å²) < 4.78 is 0. The second kappa shape index (κ2) is 5.04. The minimum atomic E-state index is 0.830. The number of thioether (sulfide) groups is 1. The maximum Gasteiger partial charge on any atom is 0.0104 e. The number of hydrogen-bond donors (Lipinski definition) is 0. The first kappa shape index (κ1) is 11.0. The van der Waals surface area contributed by atoms with Crippen molar-refractivity contribution in [1.82, 2.24) is 4.90 Å². The molecule has 1 heterocycles. The Morgan fingerprint density at radius 3 is 2.93 bits per heavy atom. The average Bonchev–Trinajstić information content (AvgIpc) is 2.38. The van der Waals surface area contributed by atoms with Gasteiger partial charge in [0.2, 0.25) is 0 Å². The van der Waals surface area contributed by atoms with Crippen LogP contribution in [-0.4, -0.2) is 31.3 Å². The highest BCUT2D eigenvalue weighted by atomic mass is 32.2. The van der Waals surface area contributed by atoms with E-state index < -0.39 is 0 Å². The molecule has 0 N–H and O–H groups in total. The zero-order chi connectivity index (χ0) is 10.7. The van der Waals surface area contributed by atoms with Crippen molar-refractivity contribution in [3.8, 4) is 0 Å². The number of nitrogens with zero attached hydrogens (tertiary/aromatic N) is 1. The Morgan fingerprint density at radius 2 is 2.13 bits per heavy atom. The van der Waals surface area contributed by atoms with Gasteiger partial charge >= 0.3 is 0 Å². The Bertz CT molecular complexity index is 322. The molecule has 0 fully saturated rings. The minimum absolute atomic E-state index is 0.830. The van der Waals surface area contributed by atoms with Crippen LogP contribution in [0, 0.1) is 5.92 Å². The predicted molar refractivity (Wildman–Crippen MR) is 67.5 cm³/mol. The van der Waals surface area contributed by atoms with E-state index in [0.29, 0.717) is 0 Å². The fraction of sp³-hybridized carbons (Fsp3) is 0.538. The number of benzene rings is 1. The summed E-state index contributed by atoms with van der Waals surface area (Å²) in [5, 5.41) is 0. The monoisotopic (exact) mass is 221 g/mol. The minimum Gasteiger partial charge on any atom is -0.309 e. The lowest BCUT2D eigenvalue weighted by molar-refractivity contribution is 0.318. The summed E-state index contributed by atoms with van der Waals surface area (Å²) in [7, 11) is 4.34. The molecule has 1 unspecified atom stereocenters. The molecule has 1 aromatic rings. The molecule has 1 atom stereocenters. The average molecular weight is 221 g/mol. The molecule has 2 heteroatoms. The molecule has 1 aromatic carbocycles. The van der Waals surface area contributed by atoms with Crippen molar-refractivity contribution in [1.29, 1.82) is 0 Å². The van der Waals surface area contributed by atoms with Gasteiger partial charge in [-0.15, -0.1) is 11.8 Å². The molecule has 1 aliphatic heterocycles. The van der Waals surface area contributed by atoms with Gasteiger partial charge in [0.05, 0.1) is 0 Å². The van der Waals surface area contributed by atoms with Crippen LogP contribution in [0.25, 0.3) is 0 Å². The Morgan fingerprint density at radius 1 is 1.33 bits per heavy atom. The van der Waals surface area contributed by atoms with Crippen molar-refractivity contribution in [3.05, 3.63) is 29.8 Å². The third kappa shape index (κ3) is 2.99. The number of rotatable bonds is 2. The first-order valence-electron chi connectivity index (χ1n) is 5.61. The molecule has 15 heavy (non-hydrogen) atoms. The summed E-state index contributed by atoms with van der Waals surface area (Å²) in [4.78, 5) is 3.81. The van der Waals surface area contributed by atoms with E-state index in [0.717, 1.165) is 5.92 Å². The van der Waals surface area contributed by atoms with E-state index in [9.17, 15) is 0 Å². The molecule has 1 aliphatic rings. The summed E-state index contributed by atoms with van der Waals surface area (Å²) in [6.45, 7) is 1.22. The standard InChI is InChI=1S/C13H19NS/c1-14(2)10-11-7-8-15-13-6-4-3-5-12(13)9-11/h3-6,11H,7-10H2,1-2H3. The number of fused-ring (bicyclic) bond motifs is 1. The fourth-order valence-electron chi connectivity index (χ4n) is 2.23. The lowest BCUT2D eigenvalue weighted by Gasteiger charge is -2.19. The van der Waals surface area contributed by atoms with Crippen LogP contribution < -0.4 is 0 Å². The third-order valence-corrected chi connectivity index (χ3v) is 4.04. The molecule has 0 aromatic heterocycles. The SMILES string of the molecule is CN(C)CC1CCSc2ccccc2C1. The highest BCUT2D eigenvalue weighted by Gasteiger charge is 2.16. The van der Waals surface area contributed by atoms with E-state index in [1.54, 1.807) is 5.56 Å². The molecular weight excluding hydrogens is 202 g/mol. The maximum atomic E-state index is 2.31. The molecule has 82 valence electrons. The van der Waals surface area contributed by atoms with Crippen LogP contribution in [-0.2, 0) is 6.42 Å². The molecule has 0 radical (unpaired) electrons. The molecule has 2 rings (SSSR count). The predicted octanol–water partition coefficient (Wildman–Crippen LogP) is 2.90. The zero-order valence-electron chi connectivity index (χ0n) is 9.57. The van der Waals surface area contributed by atoms with Gasteiger partial charge in [-0.05, 0) is 50.2 Å². The van der Waals surface area contributed by atoms with Crippen molar-refractivity contribution in [2.24, 2.45) is 5.92 Å². The van der Waals surface area contributed by atoms with Crippen molar-refractivity contribution < 1.29 is 0 Å². The summed E-state index contributed by atoms with van der Waals surface area (Å²) in [6.07, 6.45) is 2.60. The van der Waals surface area contributed by atoms with Gasteiger partial charge in [-0.25, -0.2) is 0 Å². The second-order valence-corrected chi connectivity index (χ2v) is 5.71. The van der Waals surface area contributed by atoms with E-state index in [-0.39, 0.29) is 0 Å². The molecule has 0 spiro atoms. The van der Waals surface area contributed by atoms with Crippen LogP contribution in [0.2, 0.25) is 0 Å². The molecular formula is C13H19NS. The molecule has 0 aliphatic carbocycles. The summed E-state index contributed by atoms with van der Waals surface area (Å²) >= 11 is 2.02. The van der Waals surface area contributed by atoms with Crippen LogP contribution in [0.5, 0.6) is 0 Å². The van der Waals surface area contributed by atoms with E-state index in [4.69, 9.17) is 0 Å². The smallest absolute Gasteiger partial charge is 0.0104 e. The zero-order valence-corrected chi connectivity index (χ0v) is 10.4. The Labute approximate surface area is 96.9 Å². The van der Waals surface area contributed by atoms with Gasteiger partial charge in [0.15, 0.2) is 0 Å². The van der Waals surface area contributed by atoms with E-state index >= 15 is 0 Å². The molecule has 0 amide bonds. The van der Waals surface area contributed by atoms with Gasteiger partial charge in [-0.3, -0.25) is 0 Å². The topological polar surface area (TPSA) is 3.24 Å². The lowest BCUT2D eigenvalue weighted by Crippen LogP contribution is -2.23. The first-order chi connectivity index (χ1) is 7.25. The third-order valence-electron chi connectivity index (χ3n) is 2.89. The van der Waals surface area contributed by atoms with Gasteiger partial charge in [-0.1, -0.05) is 18.2 Å². The number of hydrogen-bond acceptors (Lipinski definition) is 2. The van der Waals surface area contributed by atoms with Crippen molar-refractivity contribution >= 4 is 11.8 Å². The lowest BCUT2D eigenvalue weighted by atomic mass is 9.96. The largest absolute Gasteiger partial charge is 0.309 e. The maximum absolute atomic E-state index is 2.31. The van der Waals surface area contributed by atoms with Crippen molar-refractivity contribution in [2.75, 3.05) is 26.4 Å². The Kier molecular flexibility index (Phi) is 3.71. The molecule has 0 bridgehead atoms. The molecule has 1 nitrogen and oxygen atoms in total. The van der Waals surface area contributed by atoms with Gasteiger partial charge in [0.1, 0.15) is 0 Å². The van der Waals surface area contributed by atoms with Gasteiger partial charge in [-0.2, -0.15) is 0 Å². The van der Waals surface area contributed by atoms with Crippen LogP contribution >= 0.6 is 11.8 Å². The van der Waals surface area contributed by atoms with E-state index in [1.165, 1.54) is 30.0 Å². The van der Waals surface area contributed by atoms with Crippen LogP contribution in [0.15, 0.2) is 29.2 Å². The van der Waals surface area contributed by atoms with E-state index in [2.05, 4.69) is 43.3 Å². The summed E-state index contributed by atoms with van der Waals surface area (Å²) in [5.41, 5.74) is 1.55. The van der Waals surface area contributed by atoms with Gasteiger partial charge in [0, 0.05) is 11.4 Å². The van der Waals surface area contributed by atoms with E-state index in [1.807, 2.05) is 11.8 Å². The van der Waals surface area contributed by atoms with Crippen LogP contribution in [0.3, 0.4) is 0 Å². The second-order valence-electron chi connectivity index (χ2n) is 4.58. The molecule has 0 saturated heterocycles.